The molecular formula is C12H19NOS. The minimum atomic E-state index is 0.113. The van der Waals surface area contributed by atoms with Crippen LogP contribution in [-0.4, -0.2) is 25.5 Å². The lowest BCUT2D eigenvalue weighted by atomic mass is 10.1. The number of aryl methyl sites for hydroxylation is 2. The van der Waals surface area contributed by atoms with E-state index >= 15 is 0 Å². The molecule has 0 aliphatic heterocycles. The van der Waals surface area contributed by atoms with Gasteiger partial charge in [0.05, 0.1) is 6.61 Å². The molecule has 0 radical (unpaired) electrons. The second-order valence-corrected chi connectivity index (χ2v) is 4.87. The molecule has 0 fully saturated rings. The molecule has 0 heterocycles. The molecule has 0 saturated heterocycles. The largest absolute Gasteiger partial charge is 0.383 e. The van der Waals surface area contributed by atoms with E-state index in [9.17, 15) is 0 Å². The number of hydrogen-bond acceptors (Lipinski definition) is 3. The number of benzene rings is 1. The highest BCUT2D eigenvalue weighted by molar-refractivity contribution is 7.99. The molecule has 0 saturated carbocycles. The molecule has 0 aliphatic rings. The van der Waals surface area contributed by atoms with Gasteiger partial charge in [0.15, 0.2) is 0 Å². The van der Waals surface area contributed by atoms with Crippen molar-refractivity contribution < 1.29 is 4.74 Å². The fraction of sp³-hybridized carbons (Fsp3) is 0.500. The Morgan fingerprint density at radius 2 is 2.07 bits per heavy atom. The van der Waals surface area contributed by atoms with E-state index in [2.05, 4.69) is 32.0 Å². The lowest BCUT2D eigenvalue weighted by molar-refractivity contribution is 0.186. The summed E-state index contributed by atoms with van der Waals surface area (Å²) in [6, 6.07) is 6.62. The number of hydrogen-bond donors (Lipinski definition) is 1. The van der Waals surface area contributed by atoms with Gasteiger partial charge in [-0.2, -0.15) is 0 Å². The molecule has 0 amide bonds. The van der Waals surface area contributed by atoms with E-state index in [0.29, 0.717) is 6.61 Å². The highest BCUT2D eigenvalue weighted by Crippen LogP contribution is 2.21. The van der Waals surface area contributed by atoms with Crippen molar-refractivity contribution in [2.24, 2.45) is 5.73 Å². The van der Waals surface area contributed by atoms with E-state index < -0.39 is 0 Å². The molecule has 2 N–H and O–H groups in total. The van der Waals surface area contributed by atoms with Crippen LogP contribution in [0.15, 0.2) is 23.1 Å². The maximum atomic E-state index is 5.85. The fourth-order valence-corrected chi connectivity index (χ4v) is 2.20. The zero-order chi connectivity index (χ0) is 11.3. The lowest BCUT2D eigenvalue weighted by Gasteiger charge is -2.10. The van der Waals surface area contributed by atoms with Gasteiger partial charge in [-0.15, -0.1) is 11.8 Å². The van der Waals surface area contributed by atoms with Crippen LogP contribution in [0.5, 0.6) is 0 Å². The second kappa shape index (κ2) is 6.16. The van der Waals surface area contributed by atoms with Crippen molar-refractivity contribution in [3.05, 3.63) is 29.3 Å². The van der Waals surface area contributed by atoms with E-state index in [1.54, 1.807) is 18.9 Å². The second-order valence-electron chi connectivity index (χ2n) is 3.77. The Kier molecular flexibility index (Phi) is 5.15. The van der Waals surface area contributed by atoms with Crippen molar-refractivity contribution in [1.82, 2.24) is 0 Å². The van der Waals surface area contributed by atoms with Crippen LogP contribution in [0.2, 0.25) is 0 Å². The highest BCUT2D eigenvalue weighted by Gasteiger charge is 2.03. The summed E-state index contributed by atoms with van der Waals surface area (Å²) in [4.78, 5) is 1.28. The van der Waals surface area contributed by atoms with E-state index in [0.717, 1.165) is 5.75 Å². The third-order valence-corrected chi connectivity index (χ3v) is 3.51. The minimum absolute atomic E-state index is 0.113. The van der Waals surface area contributed by atoms with Crippen molar-refractivity contribution in [3.8, 4) is 0 Å². The first-order valence-electron chi connectivity index (χ1n) is 5.08. The molecule has 1 aromatic rings. The molecule has 15 heavy (non-hydrogen) atoms. The van der Waals surface area contributed by atoms with Gasteiger partial charge in [-0.05, 0) is 37.1 Å². The summed E-state index contributed by atoms with van der Waals surface area (Å²) in [6.07, 6.45) is 0. The molecule has 0 aromatic heterocycles. The van der Waals surface area contributed by atoms with Crippen LogP contribution in [0.25, 0.3) is 0 Å². The third-order valence-electron chi connectivity index (χ3n) is 2.32. The predicted octanol–water partition coefficient (Wildman–Crippen LogP) is 2.37. The normalized spacial score (nSPS) is 12.8. The smallest absolute Gasteiger partial charge is 0.0621 e. The Morgan fingerprint density at radius 3 is 2.67 bits per heavy atom. The summed E-state index contributed by atoms with van der Waals surface area (Å²) in [5.41, 5.74) is 8.52. The maximum Gasteiger partial charge on any atom is 0.0621 e. The van der Waals surface area contributed by atoms with Gasteiger partial charge in [0.2, 0.25) is 0 Å². The van der Waals surface area contributed by atoms with Crippen LogP contribution in [0, 0.1) is 13.8 Å². The Balaban J connectivity index is 2.47. The number of ether oxygens (including phenoxy) is 1. The molecule has 0 aliphatic carbocycles. The van der Waals surface area contributed by atoms with Crippen molar-refractivity contribution >= 4 is 11.8 Å². The van der Waals surface area contributed by atoms with Crippen LogP contribution in [0.4, 0.5) is 0 Å². The molecule has 0 bridgehead atoms. The van der Waals surface area contributed by atoms with E-state index in [4.69, 9.17) is 10.5 Å². The summed E-state index contributed by atoms with van der Waals surface area (Å²) in [5.74, 6) is 0.899. The van der Waals surface area contributed by atoms with Gasteiger partial charge >= 0.3 is 0 Å². The Morgan fingerprint density at radius 1 is 1.33 bits per heavy atom. The average molecular weight is 225 g/mol. The van der Waals surface area contributed by atoms with Crippen LogP contribution in [0.3, 0.4) is 0 Å². The van der Waals surface area contributed by atoms with E-state index in [-0.39, 0.29) is 6.04 Å². The highest BCUT2D eigenvalue weighted by atomic mass is 32.2. The fourth-order valence-electron chi connectivity index (χ4n) is 1.27. The standard InChI is InChI=1S/C12H19NOS/c1-9-4-5-12(6-10(9)2)15-8-11(13)7-14-3/h4-6,11H,7-8,13H2,1-3H3. The van der Waals surface area contributed by atoms with Gasteiger partial charge in [-0.3, -0.25) is 0 Å². The van der Waals surface area contributed by atoms with Gasteiger partial charge in [0.1, 0.15) is 0 Å². The van der Waals surface area contributed by atoms with Gasteiger partial charge in [0, 0.05) is 23.8 Å². The third kappa shape index (κ3) is 4.24. The molecular weight excluding hydrogens is 206 g/mol. The predicted molar refractivity (Wildman–Crippen MR) is 66.5 cm³/mol. The molecule has 1 aromatic carbocycles. The Labute approximate surface area is 96.2 Å². The summed E-state index contributed by atoms with van der Waals surface area (Å²) < 4.78 is 5.00. The Bertz CT molecular complexity index is 314. The number of rotatable bonds is 5. The van der Waals surface area contributed by atoms with Crippen LogP contribution >= 0.6 is 11.8 Å². The number of thioether (sulfide) groups is 1. The first-order chi connectivity index (χ1) is 7.13. The van der Waals surface area contributed by atoms with Gasteiger partial charge in [-0.25, -0.2) is 0 Å². The lowest BCUT2D eigenvalue weighted by Crippen LogP contribution is -2.28. The van der Waals surface area contributed by atoms with Crippen LogP contribution in [0.1, 0.15) is 11.1 Å². The molecule has 1 unspecified atom stereocenters. The summed E-state index contributed by atoms with van der Waals surface area (Å²) in [7, 11) is 1.68. The van der Waals surface area contributed by atoms with Gasteiger partial charge in [-0.1, -0.05) is 6.07 Å². The quantitative estimate of drug-likeness (QED) is 0.781. The minimum Gasteiger partial charge on any atom is -0.383 e. The first kappa shape index (κ1) is 12.6. The molecule has 2 nitrogen and oxygen atoms in total. The van der Waals surface area contributed by atoms with Crippen LogP contribution < -0.4 is 5.73 Å². The zero-order valence-corrected chi connectivity index (χ0v) is 10.4. The molecule has 1 rings (SSSR count). The van der Waals surface area contributed by atoms with Gasteiger partial charge < -0.3 is 10.5 Å². The zero-order valence-electron chi connectivity index (χ0n) is 9.62. The summed E-state index contributed by atoms with van der Waals surface area (Å²) in [6.45, 7) is 4.88. The number of nitrogens with two attached hydrogens (primary N) is 1. The van der Waals surface area contributed by atoms with E-state index in [1.807, 2.05) is 0 Å². The first-order valence-corrected chi connectivity index (χ1v) is 6.06. The maximum absolute atomic E-state index is 5.85. The molecule has 1 atom stereocenters. The number of methoxy groups -OCH3 is 1. The van der Waals surface area contributed by atoms with Crippen molar-refractivity contribution in [1.29, 1.82) is 0 Å². The summed E-state index contributed by atoms with van der Waals surface area (Å²) >= 11 is 1.79. The monoisotopic (exact) mass is 225 g/mol. The van der Waals surface area contributed by atoms with Crippen molar-refractivity contribution in [3.63, 3.8) is 0 Å². The summed E-state index contributed by atoms with van der Waals surface area (Å²) in [5, 5.41) is 0. The topological polar surface area (TPSA) is 35.2 Å². The van der Waals surface area contributed by atoms with E-state index in [1.165, 1.54) is 16.0 Å². The molecule has 0 spiro atoms. The molecule has 84 valence electrons. The van der Waals surface area contributed by atoms with Crippen molar-refractivity contribution in [2.75, 3.05) is 19.5 Å². The van der Waals surface area contributed by atoms with Crippen molar-refractivity contribution in [2.45, 2.75) is 24.8 Å². The van der Waals surface area contributed by atoms with Crippen LogP contribution in [-0.2, 0) is 4.74 Å². The molecule has 3 heteroatoms. The van der Waals surface area contributed by atoms with Gasteiger partial charge in [0.25, 0.3) is 0 Å². The SMILES string of the molecule is COCC(N)CSc1ccc(C)c(C)c1. The Hall–Kier alpha value is -0.510. The average Bonchev–Trinajstić information content (AvgIpc) is 2.20.